The van der Waals surface area contributed by atoms with Gasteiger partial charge in [-0.15, -0.1) is 0 Å². The molecule has 1 atom stereocenters. The van der Waals surface area contributed by atoms with Gasteiger partial charge in [0.15, 0.2) is 0 Å². The van der Waals surface area contributed by atoms with E-state index in [0.717, 1.165) is 25.1 Å². The van der Waals surface area contributed by atoms with E-state index in [4.69, 9.17) is 4.74 Å². The number of aliphatic hydroxyl groups is 1. The molecule has 0 aliphatic carbocycles. The molecule has 0 saturated carbocycles. The first-order valence-corrected chi connectivity index (χ1v) is 5.06. The van der Waals surface area contributed by atoms with Gasteiger partial charge in [-0.25, -0.2) is 0 Å². The Labute approximate surface area is 87.2 Å². The summed E-state index contributed by atoms with van der Waals surface area (Å²) in [4.78, 5) is 0. The molecule has 0 aliphatic rings. The van der Waals surface area contributed by atoms with Gasteiger partial charge in [0.2, 0.25) is 0 Å². The van der Waals surface area contributed by atoms with Gasteiger partial charge in [0.05, 0.1) is 12.2 Å². The number of methoxy groups -OCH3 is 1. The normalized spacial score (nSPS) is 14.9. The highest BCUT2D eigenvalue weighted by atomic mass is 16.5. The molecule has 0 aromatic heterocycles. The standard InChI is InChI=1S/C11H23NO2/c1-10(2)9-11(3,13)5-6-12-7-8-14-4/h9,12-13H,5-8H2,1-4H3. The van der Waals surface area contributed by atoms with E-state index in [1.54, 1.807) is 7.11 Å². The van der Waals surface area contributed by atoms with Gasteiger partial charge in [-0.2, -0.15) is 0 Å². The third kappa shape index (κ3) is 8.23. The quantitative estimate of drug-likeness (QED) is 0.482. The molecule has 2 N–H and O–H groups in total. The summed E-state index contributed by atoms with van der Waals surface area (Å²) in [5.74, 6) is 0. The van der Waals surface area contributed by atoms with Crippen LogP contribution in [0.15, 0.2) is 11.6 Å². The fourth-order valence-corrected chi connectivity index (χ4v) is 1.33. The lowest BCUT2D eigenvalue weighted by Crippen LogP contribution is -2.29. The molecule has 14 heavy (non-hydrogen) atoms. The van der Waals surface area contributed by atoms with Gasteiger partial charge in [-0.1, -0.05) is 11.6 Å². The zero-order valence-electron chi connectivity index (χ0n) is 9.76. The molecule has 0 radical (unpaired) electrons. The SMILES string of the molecule is COCCNCCC(C)(O)C=C(C)C. The molecule has 1 unspecified atom stereocenters. The minimum Gasteiger partial charge on any atom is -0.386 e. The first-order valence-electron chi connectivity index (χ1n) is 5.06. The van der Waals surface area contributed by atoms with E-state index in [1.807, 2.05) is 26.8 Å². The third-order valence-corrected chi connectivity index (χ3v) is 1.89. The molecule has 84 valence electrons. The Bertz CT molecular complexity index is 172. The van der Waals surface area contributed by atoms with Crippen molar-refractivity contribution in [2.45, 2.75) is 32.8 Å². The Morgan fingerprint density at radius 1 is 1.43 bits per heavy atom. The lowest BCUT2D eigenvalue weighted by atomic mass is 10.00. The Morgan fingerprint density at radius 3 is 2.57 bits per heavy atom. The van der Waals surface area contributed by atoms with Crippen LogP contribution < -0.4 is 5.32 Å². The number of hydrogen-bond acceptors (Lipinski definition) is 3. The lowest BCUT2D eigenvalue weighted by Gasteiger charge is -2.19. The molecule has 3 heteroatoms. The minimum atomic E-state index is -0.696. The molecule has 0 aromatic carbocycles. The zero-order chi connectivity index (χ0) is 11.0. The second kappa shape index (κ2) is 6.98. The fourth-order valence-electron chi connectivity index (χ4n) is 1.33. The van der Waals surface area contributed by atoms with Crippen molar-refractivity contribution < 1.29 is 9.84 Å². The van der Waals surface area contributed by atoms with Gasteiger partial charge < -0.3 is 15.2 Å². The smallest absolute Gasteiger partial charge is 0.0814 e. The molecule has 0 rings (SSSR count). The summed E-state index contributed by atoms with van der Waals surface area (Å²) in [5, 5.41) is 13.1. The summed E-state index contributed by atoms with van der Waals surface area (Å²) < 4.78 is 4.90. The molecule has 0 aliphatic heterocycles. The predicted molar refractivity (Wildman–Crippen MR) is 59.4 cm³/mol. The molecular weight excluding hydrogens is 178 g/mol. The van der Waals surface area contributed by atoms with E-state index in [-0.39, 0.29) is 0 Å². The molecule has 3 nitrogen and oxygen atoms in total. The van der Waals surface area contributed by atoms with Crippen molar-refractivity contribution in [3.8, 4) is 0 Å². The summed E-state index contributed by atoms with van der Waals surface area (Å²) in [6.07, 6.45) is 2.62. The fraction of sp³-hybridized carbons (Fsp3) is 0.818. The van der Waals surface area contributed by atoms with E-state index in [1.165, 1.54) is 0 Å². The number of hydrogen-bond donors (Lipinski definition) is 2. The third-order valence-electron chi connectivity index (χ3n) is 1.89. The van der Waals surface area contributed by atoms with E-state index in [9.17, 15) is 5.11 Å². The average Bonchev–Trinajstić information content (AvgIpc) is 2.01. The maximum Gasteiger partial charge on any atom is 0.0814 e. The second-order valence-electron chi connectivity index (χ2n) is 4.07. The van der Waals surface area contributed by atoms with E-state index >= 15 is 0 Å². The topological polar surface area (TPSA) is 41.5 Å². The van der Waals surface area contributed by atoms with Crippen molar-refractivity contribution in [2.75, 3.05) is 26.8 Å². The summed E-state index contributed by atoms with van der Waals surface area (Å²) in [6, 6.07) is 0. The molecule has 0 spiro atoms. The first kappa shape index (κ1) is 13.6. The van der Waals surface area contributed by atoms with Crippen LogP contribution in [0.4, 0.5) is 0 Å². The lowest BCUT2D eigenvalue weighted by molar-refractivity contribution is 0.0999. The van der Waals surface area contributed by atoms with Crippen LogP contribution in [-0.2, 0) is 4.74 Å². The van der Waals surface area contributed by atoms with Crippen molar-refractivity contribution in [3.05, 3.63) is 11.6 Å². The maximum absolute atomic E-state index is 9.89. The number of nitrogens with one attached hydrogen (secondary N) is 1. The van der Waals surface area contributed by atoms with Crippen molar-refractivity contribution in [2.24, 2.45) is 0 Å². The average molecular weight is 201 g/mol. The van der Waals surface area contributed by atoms with E-state index in [0.29, 0.717) is 6.61 Å². The van der Waals surface area contributed by atoms with Crippen molar-refractivity contribution in [1.29, 1.82) is 0 Å². The summed E-state index contributed by atoms with van der Waals surface area (Å²) >= 11 is 0. The maximum atomic E-state index is 9.89. The summed E-state index contributed by atoms with van der Waals surface area (Å²) in [7, 11) is 1.68. The van der Waals surface area contributed by atoms with Crippen LogP contribution in [0, 0.1) is 0 Å². The van der Waals surface area contributed by atoms with Gasteiger partial charge in [-0.3, -0.25) is 0 Å². The number of rotatable bonds is 7. The van der Waals surface area contributed by atoms with Gasteiger partial charge in [0.25, 0.3) is 0 Å². The Balaban J connectivity index is 3.61. The molecule has 0 heterocycles. The molecule has 0 aromatic rings. The Morgan fingerprint density at radius 2 is 2.07 bits per heavy atom. The van der Waals surface area contributed by atoms with Gasteiger partial charge in [0.1, 0.15) is 0 Å². The molecular formula is C11H23NO2. The highest BCUT2D eigenvalue weighted by Gasteiger charge is 2.15. The number of ether oxygens (including phenoxy) is 1. The van der Waals surface area contributed by atoms with Crippen molar-refractivity contribution in [1.82, 2.24) is 5.32 Å². The van der Waals surface area contributed by atoms with Crippen LogP contribution in [0.3, 0.4) is 0 Å². The largest absolute Gasteiger partial charge is 0.386 e. The van der Waals surface area contributed by atoms with Gasteiger partial charge in [-0.05, 0) is 33.7 Å². The monoisotopic (exact) mass is 201 g/mol. The highest BCUT2D eigenvalue weighted by molar-refractivity contribution is 5.04. The van der Waals surface area contributed by atoms with Crippen LogP contribution in [0.1, 0.15) is 27.2 Å². The van der Waals surface area contributed by atoms with Crippen LogP contribution in [0.25, 0.3) is 0 Å². The molecule has 0 amide bonds. The first-order chi connectivity index (χ1) is 6.48. The van der Waals surface area contributed by atoms with E-state index < -0.39 is 5.60 Å². The van der Waals surface area contributed by atoms with Crippen molar-refractivity contribution in [3.63, 3.8) is 0 Å². The van der Waals surface area contributed by atoms with Crippen molar-refractivity contribution >= 4 is 0 Å². The van der Waals surface area contributed by atoms with E-state index in [2.05, 4.69) is 5.32 Å². The number of allylic oxidation sites excluding steroid dienone is 1. The predicted octanol–water partition coefficient (Wildman–Crippen LogP) is 1.33. The molecule has 0 saturated heterocycles. The van der Waals surface area contributed by atoms with Crippen LogP contribution in [0.2, 0.25) is 0 Å². The molecule has 0 fully saturated rings. The van der Waals surface area contributed by atoms with Gasteiger partial charge in [0, 0.05) is 13.7 Å². The second-order valence-corrected chi connectivity index (χ2v) is 4.07. The van der Waals surface area contributed by atoms with Crippen LogP contribution in [-0.4, -0.2) is 37.5 Å². The summed E-state index contributed by atoms with van der Waals surface area (Å²) in [5.41, 5.74) is 0.450. The highest BCUT2D eigenvalue weighted by Crippen LogP contribution is 2.12. The Kier molecular flexibility index (Phi) is 6.79. The Hall–Kier alpha value is -0.380. The van der Waals surface area contributed by atoms with Gasteiger partial charge >= 0.3 is 0 Å². The van der Waals surface area contributed by atoms with Crippen LogP contribution in [0.5, 0.6) is 0 Å². The minimum absolute atomic E-state index is 0.696. The zero-order valence-corrected chi connectivity index (χ0v) is 9.76. The molecule has 0 bridgehead atoms. The van der Waals surface area contributed by atoms with Crippen LogP contribution >= 0.6 is 0 Å². The summed E-state index contributed by atoms with van der Waals surface area (Å²) in [6.45, 7) is 8.17.